The summed E-state index contributed by atoms with van der Waals surface area (Å²) in [4.78, 5) is 9.48. The zero-order valence-corrected chi connectivity index (χ0v) is 10.0. The van der Waals surface area contributed by atoms with Crippen LogP contribution in [0.15, 0.2) is 0 Å². The van der Waals surface area contributed by atoms with E-state index >= 15 is 0 Å². The highest BCUT2D eigenvalue weighted by Crippen LogP contribution is 2.54. The number of hydrogen-bond donors (Lipinski definition) is 0. The van der Waals surface area contributed by atoms with Crippen LogP contribution in [-0.4, -0.2) is 42.6 Å². The third-order valence-corrected chi connectivity index (χ3v) is 1.94. The van der Waals surface area contributed by atoms with Crippen molar-refractivity contribution in [1.82, 2.24) is 0 Å². The number of carbonyl (C=O) groups excluding carboxylic acids is 1. The SMILES string of the molecule is O=C(F)OC(F)(F)C(F)(OC(F)(F)C(F)(F)C(F)(F)F)C(F)(F)F. The van der Waals surface area contributed by atoms with Crippen molar-refractivity contribution in [2.24, 2.45) is 0 Å². The Balaban J connectivity index is 6.14. The summed E-state index contributed by atoms with van der Waals surface area (Å²) in [6.45, 7) is 0. The standard InChI is InChI=1S/C7F14O3/c8-1(22)23-7(20,21)3(11,5(15,16)17)24-6(18,19)2(9,10)4(12,13)14. The van der Waals surface area contributed by atoms with Crippen LogP contribution in [0.3, 0.4) is 0 Å². The maximum atomic E-state index is 13.1. The Kier molecular flexibility index (Phi) is 5.39. The van der Waals surface area contributed by atoms with Crippen molar-refractivity contribution < 1.29 is 75.7 Å². The Morgan fingerprint density at radius 3 is 1.25 bits per heavy atom. The molecule has 0 aromatic carbocycles. The fraction of sp³-hybridized carbons (Fsp3) is 0.857. The van der Waals surface area contributed by atoms with Crippen molar-refractivity contribution in [2.75, 3.05) is 0 Å². The molecule has 0 aromatic heterocycles. The number of rotatable bonds is 5. The van der Waals surface area contributed by atoms with Gasteiger partial charge < -0.3 is 4.74 Å². The first-order chi connectivity index (χ1) is 10.1. The summed E-state index contributed by atoms with van der Waals surface area (Å²) >= 11 is 0. The number of ether oxygens (including phenoxy) is 2. The topological polar surface area (TPSA) is 35.5 Å². The smallest absolute Gasteiger partial charge is 0.370 e. The number of alkyl halides is 13. The highest BCUT2D eigenvalue weighted by atomic mass is 19.4. The summed E-state index contributed by atoms with van der Waals surface area (Å²) in [6.07, 6.45) is -33.5. The predicted molar refractivity (Wildman–Crippen MR) is 39.5 cm³/mol. The first-order valence-electron chi connectivity index (χ1n) is 4.67. The summed E-state index contributed by atoms with van der Waals surface area (Å²) in [5.41, 5.74) is 0. The lowest BCUT2D eigenvalue weighted by Crippen LogP contribution is -2.65. The maximum Gasteiger partial charge on any atom is 0.500 e. The lowest BCUT2D eigenvalue weighted by molar-refractivity contribution is -0.528. The minimum atomic E-state index is -7.60. The van der Waals surface area contributed by atoms with Gasteiger partial charge in [-0.3, -0.25) is 4.74 Å². The predicted octanol–water partition coefficient (Wildman–Crippen LogP) is 4.72. The molecule has 0 radical (unpaired) electrons. The Bertz CT molecular complexity index is 478. The zero-order valence-electron chi connectivity index (χ0n) is 10.0. The van der Waals surface area contributed by atoms with Gasteiger partial charge in [0.25, 0.3) is 0 Å². The van der Waals surface area contributed by atoms with E-state index in [1.807, 2.05) is 0 Å². The van der Waals surface area contributed by atoms with Gasteiger partial charge in [-0.2, -0.15) is 57.1 Å². The van der Waals surface area contributed by atoms with E-state index in [-0.39, 0.29) is 0 Å². The van der Waals surface area contributed by atoms with Gasteiger partial charge in [-0.25, -0.2) is 4.79 Å². The highest BCUT2D eigenvalue weighted by Gasteiger charge is 2.84. The molecular weight excluding hydrogens is 398 g/mol. The molecule has 0 rings (SSSR count). The van der Waals surface area contributed by atoms with Crippen LogP contribution in [0.5, 0.6) is 0 Å². The molecule has 0 spiro atoms. The Morgan fingerprint density at radius 2 is 1.00 bits per heavy atom. The average molecular weight is 398 g/mol. The van der Waals surface area contributed by atoms with Crippen molar-refractivity contribution in [1.29, 1.82) is 0 Å². The van der Waals surface area contributed by atoms with Crippen LogP contribution in [0.1, 0.15) is 0 Å². The summed E-state index contributed by atoms with van der Waals surface area (Å²) in [5, 5.41) is 0. The van der Waals surface area contributed by atoms with Gasteiger partial charge in [0, 0.05) is 0 Å². The van der Waals surface area contributed by atoms with Gasteiger partial charge in [0.15, 0.2) is 0 Å². The van der Waals surface area contributed by atoms with E-state index in [4.69, 9.17) is 0 Å². The normalized spacial score (nSPS) is 17.4. The second-order valence-corrected chi connectivity index (χ2v) is 3.64. The zero-order chi connectivity index (χ0) is 20.0. The second-order valence-electron chi connectivity index (χ2n) is 3.64. The molecule has 0 amide bonds. The van der Waals surface area contributed by atoms with E-state index in [1.54, 1.807) is 4.74 Å². The quantitative estimate of drug-likeness (QED) is 0.497. The van der Waals surface area contributed by atoms with Gasteiger partial charge in [-0.05, 0) is 0 Å². The van der Waals surface area contributed by atoms with Crippen molar-refractivity contribution in [3.63, 3.8) is 0 Å². The van der Waals surface area contributed by atoms with Gasteiger partial charge >= 0.3 is 42.6 Å². The van der Waals surface area contributed by atoms with E-state index in [0.717, 1.165) is 0 Å². The van der Waals surface area contributed by atoms with Crippen LogP contribution in [0.25, 0.3) is 0 Å². The maximum absolute atomic E-state index is 13.1. The molecule has 0 N–H and O–H groups in total. The molecule has 0 aliphatic heterocycles. The number of carbonyl (C=O) groups is 1. The number of hydrogen-bond acceptors (Lipinski definition) is 3. The molecule has 0 aromatic rings. The third-order valence-electron chi connectivity index (χ3n) is 1.94. The fourth-order valence-corrected chi connectivity index (χ4v) is 0.854. The Morgan fingerprint density at radius 1 is 0.625 bits per heavy atom. The van der Waals surface area contributed by atoms with Crippen molar-refractivity contribution >= 4 is 6.22 Å². The molecule has 17 heteroatoms. The van der Waals surface area contributed by atoms with Crippen LogP contribution in [0.2, 0.25) is 0 Å². The van der Waals surface area contributed by atoms with Gasteiger partial charge in [0.2, 0.25) is 0 Å². The molecule has 3 nitrogen and oxygen atoms in total. The molecule has 24 heavy (non-hydrogen) atoms. The van der Waals surface area contributed by atoms with E-state index in [2.05, 4.69) is 0 Å². The lowest BCUT2D eigenvalue weighted by atomic mass is 10.2. The van der Waals surface area contributed by atoms with E-state index in [9.17, 15) is 66.3 Å². The fourth-order valence-electron chi connectivity index (χ4n) is 0.854. The largest absolute Gasteiger partial charge is 0.500 e. The first kappa shape index (κ1) is 22.4. The van der Waals surface area contributed by atoms with Gasteiger partial charge in [0.1, 0.15) is 0 Å². The molecule has 0 aliphatic carbocycles. The number of halogens is 14. The van der Waals surface area contributed by atoms with Crippen molar-refractivity contribution in [3.8, 4) is 0 Å². The van der Waals surface area contributed by atoms with Crippen LogP contribution < -0.4 is 0 Å². The van der Waals surface area contributed by atoms with Gasteiger partial charge in [-0.1, -0.05) is 0 Å². The Labute approximate surface area is 120 Å². The average Bonchev–Trinajstić information content (AvgIpc) is 2.22. The molecule has 0 bridgehead atoms. The molecule has 1 atom stereocenters. The van der Waals surface area contributed by atoms with E-state index in [0.29, 0.717) is 0 Å². The van der Waals surface area contributed by atoms with E-state index < -0.39 is 42.6 Å². The molecule has 144 valence electrons. The first-order valence-corrected chi connectivity index (χ1v) is 4.67. The third kappa shape index (κ3) is 3.75. The second kappa shape index (κ2) is 5.76. The lowest BCUT2D eigenvalue weighted by Gasteiger charge is -2.37. The van der Waals surface area contributed by atoms with Gasteiger partial charge in [0.05, 0.1) is 0 Å². The van der Waals surface area contributed by atoms with Crippen LogP contribution >= 0.6 is 0 Å². The van der Waals surface area contributed by atoms with Crippen LogP contribution in [-0.2, 0) is 9.47 Å². The summed E-state index contributed by atoms with van der Waals surface area (Å²) < 4.78 is 174. The molecule has 0 heterocycles. The molecule has 0 fully saturated rings. The molecule has 0 saturated carbocycles. The van der Waals surface area contributed by atoms with Crippen molar-refractivity contribution in [3.05, 3.63) is 0 Å². The highest BCUT2D eigenvalue weighted by molar-refractivity contribution is 5.58. The van der Waals surface area contributed by atoms with Gasteiger partial charge in [-0.15, -0.1) is 4.39 Å². The van der Waals surface area contributed by atoms with Crippen LogP contribution in [0, 0.1) is 0 Å². The molecule has 0 aliphatic rings. The summed E-state index contributed by atoms with van der Waals surface area (Å²) in [6, 6.07) is 0. The molecule has 1 unspecified atom stereocenters. The minimum Gasteiger partial charge on any atom is -0.370 e. The monoisotopic (exact) mass is 398 g/mol. The molecular formula is C7F14O3. The summed E-state index contributed by atoms with van der Waals surface area (Å²) in [7, 11) is 0. The minimum absolute atomic E-state index is 1.36. The van der Waals surface area contributed by atoms with E-state index in [1.165, 1.54) is 4.74 Å². The summed E-state index contributed by atoms with van der Waals surface area (Å²) in [5.74, 6) is -15.1. The molecule has 0 saturated heterocycles. The Hall–Kier alpha value is -1.55. The van der Waals surface area contributed by atoms with Crippen molar-refractivity contribution in [2.45, 2.75) is 36.3 Å². The van der Waals surface area contributed by atoms with Crippen LogP contribution in [0.4, 0.5) is 66.3 Å².